The number of ether oxygens (including phenoxy) is 1. The zero-order valence-electron chi connectivity index (χ0n) is 9.08. The van der Waals surface area contributed by atoms with Crippen LogP contribution in [0.15, 0.2) is 6.07 Å². The van der Waals surface area contributed by atoms with Crippen molar-refractivity contribution < 1.29 is 4.74 Å². The third-order valence-electron chi connectivity index (χ3n) is 1.83. The van der Waals surface area contributed by atoms with E-state index in [1.54, 1.807) is 14.2 Å². The molecule has 1 aromatic rings. The van der Waals surface area contributed by atoms with Crippen LogP contribution in [-0.2, 0) is 4.74 Å². The SMILES string of the molecule is CNc1cc(NCCCOC)nc(N)n1. The highest BCUT2D eigenvalue weighted by Crippen LogP contribution is 2.11. The molecule has 6 nitrogen and oxygen atoms in total. The fourth-order valence-corrected chi connectivity index (χ4v) is 1.12. The molecule has 4 N–H and O–H groups in total. The molecule has 1 rings (SSSR count). The Bertz CT molecular complexity index is 305. The Labute approximate surface area is 89.2 Å². The number of nitrogens with two attached hydrogens (primary N) is 1. The minimum absolute atomic E-state index is 0.260. The predicted molar refractivity (Wildman–Crippen MR) is 61.0 cm³/mol. The molecule has 0 spiro atoms. The minimum atomic E-state index is 0.260. The zero-order valence-corrected chi connectivity index (χ0v) is 9.08. The van der Waals surface area contributed by atoms with Gasteiger partial charge < -0.3 is 21.1 Å². The molecule has 0 fully saturated rings. The minimum Gasteiger partial charge on any atom is -0.385 e. The maximum Gasteiger partial charge on any atom is 0.223 e. The summed E-state index contributed by atoms with van der Waals surface area (Å²) in [6.45, 7) is 1.53. The van der Waals surface area contributed by atoms with Gasteiger partial charge in [-0.1, -0.05) is 0 Å². The Kier molecular flexibility index (Phi) is 4.62. The highest BCUT2D eigenvalue weighted by Gasteiger charge is 1.99. The molecule has 0 unspecified atom stereocenters. The van der Waals surface area contributed by atoms with Crippen molar-refractivity contribution in [3.63, 3.8) is 0 Å². The first-order chi connectivity index (χ1) is 7.26. The quantitative estimate of drug-likeness (QED) is 0.596. The van der Waals surface area contributed by atoms with Crippen LogP contribution in [0.4, 0.5) is 17.6 Å². The summed E-state index contributed by atoms with van der Waals surface area (Å²) in [4.78, 5) is 8.04. The van der Waals surface area contributed by atoms with E-state index in [1.807, 2.05) is 6.07 Å². The number of anilines is 3. The maximum absolute atomic E-state index is 5.54. The van der Waals surface area contributed by atoms with Gasteiger partial charge in [0.25, 0.3) is 0 Å². The molecule has 0 amide bonds. The summed E-state index contributed by atoms with van der Waals surface area (Å²) in [6.07, 6.45) is 0.926. The Morgan fingerprint density at radius 1 is 1.40 bits per heavy atom. The van der Waals surface area contributed by atoms with E-state index in [0.29, 0.717) is 5.82 Å². The van der Waals surface area contributed by atoms with E-state index in [2.05, 4.69) is 20.6 Å². The van der Waals surface area contributed by atoms with Crippen molar-refractivity contribution in [1.82, 2.24) is 9.97 Å². The Hall–Kier alpha value is -1.56. The number of aromatic nitrogens is 2. The van der Waals surface area contributed by atoms with Crippen LogP contribution in [0.3, 0.4) is 0 Å². The highest BCUT2D eigenvalue weighted by atomic mass is 16.5. The number of nitrogens with one attached hydrogen (secondary N) is 2. The maximum atomic E-state index is 5.54. The van der Waals surface area contributed by atoms with Gasteiger partial charge in [-0.25, -0.2) is 0 Å². The van der Waals surface area contributed by atoms with E-state index in [-0.39, 0.29) is 5.95 Å². The molecule has 0 bridgehead atoms. The predicted octanol–water partition coefficient (Wildman–Crippen LogP) is 0.549. The van der Waals surface area contributed by atoms with Crippen LogP contribution >= 0.6 is 0 Å². The number of nitrogen functional groups attached to an aromatic ring is 1. The van der Waals surface area contributed by atoms with Gasteiger partial charge in [-0.2, -0.15) is 9.97 Å². The van der Waals surface area contributed by atoms with Gasteiger partial charge in [-0.3, -0.25) is 0 Å². The first-order valence-electron chi connectivity index (χ1n) is 4.81. The fraction of sp³-hybridized carbons (Fsp3) is 0.556. The third-order valence-corrected chi connectivity index (χ3v) is 1.83. The first-order valence-corrected chi connectivity index (χ1v) is 4.81. The number of hydrogen-bond donors (Lipinski definition) is 3. The standard InChI is InChI=1S/C9H17N5O/c1-11-7-6-8(14-9(10)13-7)12-4-3-5-15-2/h6H,3-5H2,1-2H3,(H4,10,11,12,13,14). The van der Waals surface area contributed by atoms with Crippen molar-refractivity contribution in [2.45, 2.75) is 6.42 Å². The Morgan fingerprint density at radius 2 is 2.13 bits per heavy atom. The van der Waals surface area contributed by atoms with Crippen LogP contribution in [-0.4, -0.2) is 37.3 Å². The molecular formula is C9H17N5O. The molecule has 6 heteroatoms. The average Bonchev–Trinajstić information content (AvgIpc) is 2.23. The smallest absolute Gasteiger partial charge is 0.223 e. The first kappa shape index (κ1) is 11.5. The number of rotatable bonds is 6. The van der Waals surface area contributed by atoms with Crippen LogP contribution in [0.1, 0.15) is 6.42 Å². The lowest BCUT2D eigenvalue weighted by Gasteiger charge is -2.07. The van der Waals surface area contributed by atoms with Gasteiger partial charge in [-0.05, 0) is 6.42 Å². The molecule has 15 heavy (non-hydrogen) atoms. The summed E-state index contributed by atoms with van der Waals surface area (Å²) in [5, 5.41) is 6.06. The van der Waals surface area contributed by atoms with Crippen molar-refractivity contribution in [3.05, 3.63) is 6.07 Å². The second-order valence-corrected chi connectivity index (χ2v) is 3.02. The molecule has 0 aliphatic rings. The average molecular weight is 211 g/mol. The molecule has 0 aromatic carbocycles. The summed E-state index contributed by atoms with van der Waals surface area (Å²) in [5.41, 5.74) is 5.54. The molecule has 84 valence electrons. The van der Waals surface area contributed by atoms with Crippen molar-refractivity contribution >= 4 is 17.6 Å². The van der Waals surface area contributed by atoms with Gasteiger partial charge >= 0.3 is 0 Å². The van der Waals surface area contributed by atoms with E-state index >= 15 is 0 Å². The molecule has 1 heterocycles. The van der Waals surface area contributed by atoms with Crippen molar-refractivity contribution in [2.75, 3.05) is 43.7 Å². The van der Waals surface area contributed by atoms with Crippen LogP contribution in [0.2, 0.25) is 0 Å². The van der Waals surface area contributed by atoms with E-state index in [9.17, 15) is 0 Å². The molecule has 0 atom stereocenters. The zero-order chi connectivity index (χ0) is 11.1. The highest BCUT2D eigenvalue weighted by molar-refractivity contribution is 5.50. The fourth-order valence-electron chi connectivity index (χ4n) is 1.12. The Morgan fingerprint density at radius 3 is 2.80 bits per heavy atom. The normalized spacial score (nSPS) is 10.0. The largest absolute Gasteiger partial charge is 0.385 e. The molecule has 0 saturated heterocycles. The second kappa shape index (κ2) is 6.02. The number of hydrogen-bond acceptors (Lipinski definition) is 6. The molecule has 0 aliphatic heterocycles. The third kappa shape index (κ3) is 3.99. The van der Waals surface area contributed by atoms with E-state index in [1.165, 1.54) is 0 Å². The van der Waals surface area contributed by atoms with E-state index in [4.69, 9.17) is 10.5 Å². The van der Waals surface area contributed by atoms with Crippen LogP contribution in [0.25, 0.3) is 0 Å². The topological polar surface area (TPSA) is 85.1 Å². The van der Waals surface area contributed by atoms with E-state index in [0.717, 1.165) is 25.4 Å². The Balaban J connectivity index is 2.49. The van der Waals surface area contributed by atoms with Crippen molar-refractivity contribution in [1.29, 1.82) is 0 Å². The van der Waals surface area contributed by atoms with Crippen molar-refractivity contribution in [2.24, 2.45) is 0 Å². The van der Waals surface area contributed by atoms with E-state index < -0.39 is 0 Å². The molecule has 0 saturated carbocycles. The van der Waals surface area contributed by atoms with Gasteiger partial charge in [0.1, 0.15) is 11.6 Å². The van der Waals surface area contributed by atoms with Crippen LogP contribution < -0.4 is 16.4 Å². The van der Waals surface area contributed by atoms with Crippen LogP contribution in [0.5, 0.6) is 0 Å². The van der Waals surface area contributed by atoms with Gasteiger partial charge in [0, 0.05) is 33.4 Å². The van der Waals surface area contributed by atoms with Gasteiger partial charge in [0.2, 0.25) is 5.95 Å². The summed E-state index contributed by atoms with van der Waals surface area (Å²) >= 11 is 0. The lowest BCUT2D eigenvalue weighted by Crippen LogP contribution is -2.08. The van der Waals surface area contributed by atoms with Crippen LogP contribution in [0, 0.1) is 0 Å². The number of methoxy groups -OCH3 is 1. The second-order valence-electron chi connectivity index (χ2n) is 3.02. The molecule has 0 aliphatic carbocycles. The van der Waals surface area contributed by atoms with Gasteiger partial charge in [0.15, 0.2) is 0 Å². The van der Waals surface area contributed by atoms with Gasteiger partial charge in [0.05, 0.1) is 0 Å². The molecule has 0 radical (unpaired) electrons. The lowest BCUT2D eigenvalue weighted by molar-refractivity contribution is 0.198. The summed E-state index contributed by atoms with van der Waals surface area (Å²) in [6, 6.07) is 1.81. The monoisotopic (exact) mass is 211 g/mol. The number of nitrogens with zero attached hydrogens (tertiary/aromatic N) is 2. The van der Waals surface area contributed by atoms with Gasteiger partial charge in [-0.15, -0.1) is 0 Å². The van der Waals surface area contributed by atoms with Crippen molar-refractivity contribution in [3.8, 4) is 0 Å². The summed E-state index contributed by atoms with van der Waals surface area (Å²) < 4.78 is 4.94. The summed E-state index contributed by atoms with van der Waals surface area (Å²) in [7, 11) is 3.47. The molecular weight excluding hydrogens is 194 g/mol. The molecule has 1 aromatic heterocycles. The lowest BCUT2D eigenvalue weighted by atomic mass is 10.4. The summed E-state index contributed by atoms with van der Waals surface area (Å²) in [5.74, 6) is 1.69.